The van der Waals surface area contributed by atoms with Crippen LogP contribution in [0, 0.1) is 0 Å². The van der Waals surface area contributed by atoms with Gasteiger partial charge in [0, 0.05) is 10.2 Å². The summed E-state index contributed by atoms with van der Waals surface area (Å²) in [7, 11) is 0. The number of carbonyl (C=O) groups excluding carboxylic acids is 1. The molecular formula is C11H13BrN2O4. The summed E-state index contributed by atoms with van der Waals surface area (Å²) in [5.41, 5.74) is -1.44. The Morgan fingerprint density at radius 2 is 2.11 bits per heavy atom. The summed E-state index contributed by atoms with van der Waals surface area (Å²) >= 11 is 3.25. The number of aliphatic hydroxyl groups is 1. The van der Waals surface area contributed by atoms with E-state index in [2.05, 4.69) is 26.6 Å². The normalized spacial score (nSPS) is 13.5. The second-order valence-corrected chi connectivity index (χ2v) is 4.81. The van der Waals surface area contributed by atoms with E-state index >= 15 is 0 Å². The fourth-order valence-electron chi connectivity index (χ4n) is 1.07. The van der Waals surface area contributed by atoms with Gasteiger partial charge in [-0.1, -0.05) is 22.0 Å². The smallest absolute Gasteiger partial charge is 0.337 e. The number of nitrogens with one attached hydrogen (secondary N) is 2. The molecule has 0 aliphatic heterocycles. The molecule has 7 heteroatoms. The Balaban J connectivity index is 2.50. The molecule has 4 N–H and O–H groups in total. The Labute approximate surface area is 112 Å². The van der Waals surface area contributed by atoms with Gasteiger partial charge in [0.1, 0.15) is 0 Å². The highest BCUT2D eigenvalue weighted by molar-refractivity contribution is 9.10. The maximum Gasteiger partial charge on any atom is 0.337 e. The zero-order chi connectivity index (χ0) is 13.8. The Kier molecular flexibility index (Phi) is 4.69. The lowest BCUT2D eigenvalue weighted by molar-refractivity contribution is -0.155. The molecule has 0 saturated carbocycles. The highest BCUT2D eigenvalue weighted by Gasteiger charge is 2.30. The van der Waals surface area contributed by atoms with Crippen LogP contribution in [0.3, 0.4) is 0 Å². The highest BCUT2D eigenvalue weighted by atomic mass is 79.9. The van der Waals surface area contributed by atoms with Crippen molar-refractivity contribution in [2.75, 3.05) is 11.9 Å². The molecule has 1 rings (SSSR count). The van der Waals surface area contributed by atoms with E-state index in [1.54, 1.807) is 24.3 Å². The number of hydrogen-bond donors (Lipinski definition) is 4. The summed E-state index contributed by atoms with van der Waals surface area (Å²) in [6.45, 7) is 0.719. The summed E-state index contributed by atoms with van der Waals surface area (Å²) in [4.78, 5) is 22.1. The van der Waals surface area contributed by atoms with E-state index in [0.717, 1.165) is 11.4 Å². The molecule has 0 radical (unpaired) electrons. The van der Waals surface area contributed by atoms with Crippen molar-refractivity contribution in [3.05, 3.63) is 28.7 Å². The molecule has 2 amide bonds. The predicted molar refractivity (Wildman–Crippen MR) is 69.4 cm³/mol. The quantitative estimate of drug-likeness (QED) is 0.675. The van der Waals surface area contributed by atoms with Crippen molar-refractivity contribution < 1.29 is 19.8 Å². The monoisotopic (exact) mass is 316 g/mol. The van der Waals surface area contributed by atoms with E-state index in [4.69, 9.17) is 5.11 Å². The van der Waals surface area contributed by atoms with Crippen molar-refractivity contribution in [3.63, 3.8) is 0 Å². The first kappa shape index (κ1) is 14.5. The Hall–Kier alpha value is -1.60. The topological polar surface area (TPSA) is 98.7 Å². The van der Waals surface area contributed by atoms with Crippen LogP contribution in [0.4, 0.5) is 10.5 Å². The van der Waals surface area contributed by atoms with Gasteiger partial charge in [0.05, 0.1) is 6.54 Å². The number of anilines is 1. The molecule has 18 heavy (non-hydrogen) atoms. The van der Waals surface area contributed by atoms with Crippen LogP contribution in [0.25, 0.3) is 0 Å². The number of urea groups is 1. The van der Waals surface area contributed by atoms with E-state index < -0.39 is 17.6 Å². The summed E-state index contributed by atoms with van der Waals surface area (Å²) in [6.07, 6.45) is 0. The fourth-order valence-corrected chi connectivity index (χ4v) is 1.47. The third kappa shape index (κ3) is 4.34. The number of hydrogen-bond acceptors (Lipinski definition) is 3. The molecule has 1 atom stereocenters. The number of benzene rings is 1. The molecule has 1 aromatic rings. The second kappa shape index (κ2) is 5.83. The standard InChI is InChI=1S/C11H13BrN2O4/c1-11(18,9(15)16)6-13-10(17)14-8-4-2-3-7(12)5-8/h2-5,18H,6H2,1H3,(H,15,16)(H2,13,14,17). The molecule has 0 spiro atoms. The number of aliphatic carboxylic acids is 1. The van der Waals surface area contributed by atoms with Crippen molar-refractivity contribution in [2.24, 2.45) is 0 Å². The summed E-state index contributed by atoms with van der Waals surface area (Å²) in [5, 5.41) is 22.8. The molecule has 0 heterocycles. The fraction of sp³-hybridized carbons (Fsp3) is 0.273. The van der Waals surface area contributed by atoms with Crippen LogP contribution < -0.4 is 10.6 Å². The third-order valence-electron chi connectivity index (χ3n) is 2.14. The number of rotatable bonds is 4. The van der Waals surface area contributed by atoms with Gasteiger partial charge in [-0.15, -0.1) is 0 Å². The van der Waals surface area contributed by atoms with E-state index in [9.17, 15) is 14.7 Å². The van der Waals surface area contributed by atoms with Gasteiger partial charge in [0.25, 0.3) is 0 Å². The van der Waals surface area contributed by atoms with Crippen LogP contribution in [-0.2, 0) is 4.79 Å². The van der Waals surface area contributed by atoms with Crippen molar-refractivity contribution in [1.29, 1.82) is 0 Å². The average molecular weight is 317 g/mol. The Morgan fingerprint density at radius 3 is 2.67 bits per heavy atom. The van der Waals surface area contributed by atoms with Crippen molar-refractivity contribution >= 4 is 33.6 Å². The Morgan fingerprint density at radius 1 is 1.44 bits per heavy atom. The van der Waals surface area contributed by atoms with Crippen LogP contribution in [0.1, 0.15) is 6.92 Å². The molecule has 0 saturated heterocycles. The van der Waals surface area contributed by atoms with Crippen molar-refractivity contribution in [3.8, 4) is 0 Å². The van der Waals surface area contributed by atoms with Crippen molar-refractivity contribution in [1.82, 2.24) is 5.32 Å². The molecular weight excluding hydrogens is 304 g/mol. The molecule has 6 nitrogen and oxygen atoms in total. The number of carboxylic acids is 1. The van der Waals surface area contributed by atoms with Crippen LogP contribution in [0.15, 0.2) is 28.7 Å². The molecule has 98 valence electrons. The minimum atomic E-state index is -1.99. The van der Waals surface area contributed by atoms with E-state index in [-0.39, 0.29) is 6.54 Å². The molecule has 0 bridgehead atoms. The van der Waals surface area contributed by atoms with E-state index in [1.165, 1.54) is 0 Å². The molecule has 0 aliphatic carbocycles. The van der Waals surface area contributed by atoms with Gasteiger partial charge in [-0.2, -0.15) is 0 Å². The molecule has 1 unspecified atom stereocenters. The lowest BCUT2D eigenvalue weighted by Crippen LogP contribution is -2.47. The van der Waals surface area contributed by atoms with Gasteiger partial charge in [-0.3, -0.25) is 0 Å². The highest BCUT2D eigenvalue weighted by Crippen LogP contribution is 2.15. The van der Waals surface area contributed by atoms with Gasteiger partial charge in [0.15, 0.2) is 5.60 Å². The number of halogens is 1. The van der Waals surface area contributed by atoms with Gasteiger partial charge < -0.3 is 20.8 Å². The van der Waals surface area contributed by atoms with E-state index in [0.29, 0.717) is 5.69 Å². The van der Waals surface area contributed by atoms with Crippen LogP contribution in [0.2, 0.25) is 0 Å². The third-order valence-corrected chi connectivity index (χ3v) is 2.63. The maximum absolute atomic E-state index is 11.5. The molecule has 0 fully saturated rings. The summed E-state index contributed by atoms with van der Waals surface area (Å²) in [6, 6.07) is 6.33. The maximum atomic E-state index is 11.5. The lowest BCUT2D eigenvalue weighted by Gasteiger charge is -2.18. The first-order valence-electron chi connectivity index (χ1n) is 5.07. The number of carboxylic acid groups (broad SMARTS) is 1. The van der Waals surface area contributed by atoms with Crippen LogP contribution in [-0.4, -0.2) is 34.4 Å². The minimum Gasteiger partial charge on any atom is -0.479 e. The first-order valence-corrected chi connectivity index (χ1v) is 5.87. The van der Waals surface area contributed by atoms with Crippen LogP contribution in [0.5, 0.6) is 0 Å². The number of amides is 2. The van der Waals surface area contributed by atoms with Crippen molar-refractivity contribution in [2.45, 2.75) is 12.5 Å². The summed E-state index contributed by atoms with van der Waals surface area (Å²) in [5.74, 6) is -1.40. The average Bonchev–Trinajstić information content (AvgIpc) is 2.26. The minimum absolute atomic E-state index is 0.387. The number of carbonyl (C=O) groups is 2. The summed E-state index contributed by atoms with van der Waals surface area (Å²) < 4.78 is 0.804. The lowest BCUT2D eigenvalue weighted by atomic mass is 10.1. The largest absolute Gasteiger partial charge is 0.479 e. The Bertz CT molecular complexity index is 462. The molecule has 0 aliphatic rings. The zero-order valence-corrected chi connectivity index (χ0v) is 11.2. The SMILES string of the molecule is CC(O)(CNC(=O)Nc1cccc(Br)c1)C(=O)O. The predicted octanol–water partition coefficient (Wildman–Crippen LogP) is 1.41. The van der Waals surface area contributed by atoms with Gasteiger partial charge >= 0.3 is 12.0 Å². The van der Waals surface area contributed by atoms with Gasteiger partial charge in [0.2, 0.25) is 0 Å². The van der Waals surface area contributed by atoms with Gasteiger partial charge in [-0.25, -0.2) is 9.59 Å². The van der Waals surface area contributed by atoms with Crippen LogP contribution >= 0.6 is 15.9 Å². The molecule has 0 aromatic heterocycles. The van der Waals surface area contributed by atoms with Gasteiger partial charge in [-0.05, 0) is 25.1 Å². The molecule has 1 aromatic carbocycles. The van der Waals surface area contributed by atoms with E-state index in [1.807, 2.05) is 0 Å². The zero-order valence-electron chi connectivity index (χ0n) is 9.61. The first-order chi connectivity index (χ1) is 8.31. The second-order valence-electron chi connectivity index (χ2n) is 3.90.